The highest BCUT2D eigenvalue weighted by atomic mass is 32.1. The van der Waals surface area contributed by atoms with Gasteiger partial charge in [-0.3, -0.25) is 4.79 Å². The standard InChI is InChI=1S/C22H31N3OS/c1-4-5-10-23-22(27)25(18-8-6-7-9-18)14-17-13-19-16(3)11-15(2)12-20(19)24-21(17)26/h11-13,18H,4-10,14H2,1-3H3,(H,23,27)(H,24,26). The summed E-state index contributed by atoms with van der Waals surface area (Å²) in [6.45, 7) is 7.80. The van der Waals surface area contributed by atoms with Crippen molar-refractivity contribution in [3.05, 3.63) is 45.2 Å². The van der Waals surface area contributed by atoms with Crippen LogP contribution in [0, 0.1) is 13.8 Å². The van der Waals surface area contributed by atoms with Crippen LogP contribution in [0.1, 0.15) is 62.1 Å². The number of rotatable bonds is 6. The number of aryl methyl sites for hydroxylation is 2. The van der Waals surface area contributed by atoms with Gasteiger partial charge >= 0.3 is 0 Å². The first-order valence-corrected chi connectivity index (χ1v) is 10.6. The number of aromatic amines is 1. The number of fused-ring (bicyclic) bond motifs is 1. The molecule has 2 aromatic rings. The molecule has 0 saturated heterocycles. The van der Waals surface area contributed by atoms with Crippen LogP contribution in [0.25, 0.3) is 10.9 Å². The van der Waals surface area contributed by atoms with Crippen LogP contribution in [-0.2, 0) is 6.54 Å². The lowest BCUT2D eigenvalue weighted by molar-refractivity contribution is 0.302. The summed E-state index contributed by atoms with van der Waals surface area (Å²) < 4.78 is 0. The maximum absolute atomic E-state index is 12.7. The van der Waals surface area contributed by atoms with E-state index in [1.54, 1.807) is 0 Å². The van der Waals surface area contributed by atoms with Gasteiger partial charge in [0.2, 0.25) is 0 Å². The molecule has 1 fully saturated rings. The van der Waals surface area contributed by atoms with Crippen LogP contribution in [0.2, 0.25) is 0 Å². The maximum atomic E-state index is 12.7. The molecule has 4 nitrogen and oxygen atoms in total. The number of unbranched alkanes of at least 4 members (excludes halogenated alkanes) is 1. The van der Waals surface area contributed by atoms with Crippen molar-refractivity contribution in [1.29, 1.82) is 0 Å². The lowest BCUT2D eigenvalue weighted by Crippen LogP contribution is -2.45. The number of thiocarbonyl (C=S) groups is 1. The molecule has 1 heterocycles. The number of nitrogens with zero attached hydrogens (tertiary/aromatic N) is 1. The smallest absolute Gasteiger partial charge is 0.253 e. The maximum Gasteiger partial charge on any atom is 0.253 e. The molecule has 1 aliphatic rings. The minimum absolute atomic E-state index is 0.00754. The van der Waals surface area contributed by atoms with E-state index in [-0.39, 0.29) is 5.56 Å². The van der Waals surface area contributed by atoms with Crippen LogP contribution in [0.15, 0.2) is 23.0 Å². The number of pyridine rings is 1. The molecule has 27 heavy (non-hydrogen) atoms. The first-order valence-electron chi connectivity index (χ1n) is 10.2. The minimum Gasteiger partial charge on any atom is -0.363 e. The van der Waals surface area contributed by atoms with E-state index < -0.39 is 0 Å². The summed E-state index contributed by atoms with van der Waals surface area (Å²) in [6, 6.07) is 6.69. The molecular formula is C22H31N3OS. The second-order valence-electron chi connectivity index (χ2n) is 7.82. The topological polar surface area (TPSA) is 48.1 Å². The molecule has 146 valence electrons. The Morgan fingerprint density at radius 2 is 2.00 bits per heavy atom. The third-order valence-corrected chi connectivity index (χ3v) is 5.94. The molecule has 3 rings (SSSR count). The van der Waals surface area contributed by atoms with Crippen LogP contribution in [0.4, 0.5) is 0 Å². The van der Waals surface area contributed by atoms with Crippen molar-refractivity contribution in [2.75, 3.05) is 6.54 Å². The van der Waals surface area contributed by atoms with Crippen molar-refractivity contribution in [1.82, 2.24) is 15.2 Å². The molecule has 0 amide bonds. The molecule has 0 unspecified atom stereocenters. The second kappa shape index (κ2) is 8.87. The highest BCUT2D eigenvalue weighted by Crippen LogP contribution is 2.26. The van der Waals surface area contributed by atoms with Gasteiger partial charge in [-0.05, 0) is 68.6 Å². The van der Waals surface area contributed by atoms with E-state index in [1.165, 1.54) is 18.4 Å². The molecule has 1 saturated carbocycles. The lowest BCUT2D eigenvalue weighted by atomic mass is 10.0. The number of H-pyrrole nitrogens is 1. The van der Waals surface area contributed by atoms with Crippen molar-refractivity contribution in [2.45, 2.75) is 71.9 Å². The summed E-state index contributed by atoms with van der Waals surface area (Å²) in [7, 11) is 0. The van der Waals surface area contributed by atoms with E-state index in [9.17, 15) is 4.79 Å². The number of hydrogen-bond donors (Lipinski definition) is 2. The molecule has 1 aliphatic carbocycles. The van der Waals surface area contributed by atoms with Gasteiger partial charge in [-0.1, -0.05) is 32.3 Å². The Hall–Kier alpha value is -1.88. The highest BCUT2D eigenvalue weighted by Gasteiger charge is 2.25. The fourth-order valence-electron chi connectivity index (χ4n) is 4.07. The van der Waals surface area contributed by atoms with Crippen LogP contribution < -0.4 is 10.9 Å². The summed E-state index contributed by atoms with van der Waals surface area (Å²) in [4.78, 5) is 18.1. The molecule has 0 radical (unpaired) electrons. The van der Waals surface area contributed by atoms with E-state index in [0.717, 1.165) is 59.4 Å². The molecule has 1 aromatic heterocycles. The van der Waals surface area contributed by atoms with Gasteiger partial charge < -0.3 is 15.2 Å². The highest BCUT2D eigenvalue weighted by molar-refractivity contribution is 7.80. The SMILES string of the molecule is CCCCNC(=S)N(Cc1cc2c(C)cc(C)cc2[nH]c1=O)C1CCCC1. The molecule has 5 heteroatoms. The Labute approximate surface area is 167 Å². The zero-order valence-electron chi connectivity index (χ0n) is 16.7. The van der Waals surface area contributed by atoms with E-state index in [1.807, 2.05) is 6.07 Å². The van der Waals surface area contributed by atoms with Gasteiger partial charge in [-0.15, -0.1) is 0 Å². The number of aromatic nitrogens is 1. The molecule has 0 spiro atoms. The number of nitrogens with one attached hydrogen (secondary N) is 2. The zero-order chi connectivity index (χ0) is 19.4. The van der Waals surface area contributed by atoms with Gasteiger partial charge in [0.15, 0.2) is 5.11 Å². The van der Waals surface area contributed by atoms with Crippen LogP contribution in [0.3, 0.4) is 0 Å². The third-order valence-electron chi connectivity index (χ3n) is 5.56. The van der Waals surface area contributed by atoms with Gasteiger partial charge in [0, 0.05) is 29.1 Å². The van der Waals surface area contributed by atoms with Crippen LogP contribution in [-0.4, -0.2) is 27.6 Å². The minimum atomic E-state index is -0.00754. The molecule has 0 aliphatic heterocycles. The summed E-state index contributed by atoms with van der Waals surface area (Å²) in [5, 5.41) is 5.31. The van der Waals surface area contributed by atoms with Crippen molar-refractivity contribution >= 4 is 28.2 Å². The summed E-state index contributed by atoms with van der Waals surface area (Å²) in [6.07, 6.45) is 7.03. The van der Waals surface area contributed by atoms with Gasteiger partial charge in [0.1, 0.15) is 0 Å². The number of hydrogen-bond acceptors (Lipinski definition) is 2. The molecule has 1 aromatic carbocycles. The van der Waals surface area contributed by atoms with Crippen LogP contribution >= 0.6 is 12.2 Å². The molecule has 0 atom stereocenters. The first-order chi connectivity index (χ1) is 13.0. The quantitative estimate of drug-likeness (QED) is 0.565. The zero-order valence-corrected chi connectivity index (χ0v) is 17.5. The van der Waals surface area contributed by atoms with E-state index in [4.69, 9.17) is 12.2 Å². The van der Waals surface area contributed by atoms with E-state index in [0.29, 0.717) is 12.6 Å². The number of benzene rings is 1. The third kappa shape index (κ3) is 4.70. The fraction of sp³-hybridized carbons (Fsp3) is 0.545. The Balaban J connectivity index is 1.89. The van der Waals surface area contributed by atoms with Gasteiger partial charge in [0.25, 0.3) is 5.56 Å². The average Bonchev–Trinajstić information content (AvgIpc) is 3.14. The monoisotopic (exact) mass is 385 g/mol. The first kappa shape index (κ1) is 19.9. The van der Waals surface area contributed by atoms with E-state index in [2.05, 4.69) is 48.1 Å². The van der Waals surface area contributed by atoms with Crippen molar-refractivity contribution in [3.8, 4) is 0 Å². The summed E-state index contributed by atoms with van der Waals surface area (Å²) in [5.74, 6) is 0. The van der Waals surface area contributed by atoms with Crippen molar-refractivity contribution in [2.24, 2.45) is 0 Å². The molecule has 2 N–H and O–H groups in total. The predicted molar refractivity (Wildman–Crippen MR) is 117 cm³/mol. The van der Waals surface area contributed by atoms with Gasteiger partial charge in [-0.2, -0.15) is 0 Å². The van der Waals surface area contributed by atoms with Crippen LogP contribution in [0.5, 0.6) is 0 Å². The lowest BCUT2D eigenvalue weighted by Gasteiger charge is -2.31. The van der Waals surface area contributed by atoms with Crippen molar-refractivity contribution < 1.29 is 0 Å². The van der Waals surface area contributed by atoms with E-state index >= 15 is 0 Å². The Morgan fingerprint density at radius 3 is 2.70 bits per heavy atom. The Kier molecular flexibility index (Phi) is 6.53. The Bertz CT molecular complexity index is 868. The molecular weight excluding hydrogens is 354 g/mol. The van der Waals surface area contributed by atoms with Gasteiger partial charge in [-0.25, -0.2) is 0 Å². The largest absolute Gasteiger partial charge is 0.363 e. The fourth-order valence-corrected chi connectivity index (χ4v) is 4.39. The normalized spacial score (nSPS) is 14.6. The Morgan fingerprint density at radius 1 is 1.26 bits per heavy atom. The molecule has 0 bridgehead atoms. The predicted octanol–water partition coefficient (Wildman–Crippen LogP) is 4.56. The average molecular weight is 386 g/mol. The van der Waals surface area contributed by atoms with Crippen molar-refractivity contribution in [3.63, 3.8) is 0 Å². The second-order valence-corrected chi connectivity index (χ2v) is 8.21. The van der Waals surface area contributed by atoms with Gasteiger partial charge in [0.05, 0.1) is 6.54 Å². The summed E-state index contributed by atoms with van der Waals surface area (Å²) >= 11 is 5.71. The summed E-state index contributed by atoms with van der Waals surface area (Å²) in [5.41, 5.74) is 4.06.